The van der Waals surface area contributed by atoms with Gasteiger partial charge in [0.2, 0.25) is 0 Å². The third-order valence-electron chi connectivity index (χ3n) is 2.82. The summed E-state index contributed by atoms with van der Waals surface area (Å²) in [5.74, 6) is -0.0612. The van der Waals surface area contributed by atoms with E-state index in [0.717, 1.165) is 12.2 Å². The number of ether oxygens (including phenoxy) is 1. The fraction of sp³-hybridized carbons (Fsp3) is 0.556. The van der Waals surface area contributed by atoms with Crippen molar-refractivity contribution in [1.82, 2.24) is 0 Å². The topological polar surface area (TPSA) is 121 Å². The molecule has 108 valence electrons. The summed E-state index contributed by atoms with van der Waals surface area (Å²) in [6, 6.07) is -1.92. The molecule has 1 rings (SSSR count). The Morgan fingerprint density at radius 3 is 2.05 bits per heavy atom. The van der Waals surface area contributed by atoms with Crippen LogP contribution >= 0.6 is 0 Å². The number of hydrogen-bond acceptors (Lipinski definition) is 7. The predicted octanol–water partition coefficient (Wildman–Crippen LogP) is -0.483. The van der Waals surface area contributed by atoms with Crippen LogP contribution in [0.2, 0.25) is 0 Å². The van der Waals surface area contributed by atoms with Crippen LogP contribution in [0.5, 0.6) is 0 Å². The molecule has 0 bridgehead atoms. The standard InChI is InChI=1S/C9H13NO7S2/c1-17-7-4-5-8(10(11)12)9(6-7,18(2,13)14)19(3,15)16/h4-6,8H,1-3H3. The quantitative estimate of drug-likeness (QED) is 0.507. The van der Waals surface area contributed by atoms with Gasteiger partial charge >= 0.3 is 0 Å². The van der Waals surface area contributed by atoms with Crippen molar-refractivity contribution in [3.63, 3.8) is 0 Å². The fourth-order valence-corrected chi connectivity index (χ4v) is 5.99. The van der Waals surface area contributed by atoms with Gasteiger partial charge in [0.25, 0.3) is 10.1 Å². The zero-order chi connectivity index (χ0) is 15.1. The van der Waals surface area contributed by atoms with Crippen molar-refractivity contribution in [1.29, 1.82) is 0 Å². The molecule has 0 spiro atoms. The largest absolute Gasteiger partial charge is 0.497 e. The maximum absolute atomic E-state index is 11.9. The van der Waals surface area contributed by atoms with Crippen LogP contribution in [-0.4, -0.2) is 51.5 Å². The lowest BCUT2D eigenvalue weighted by molar-refractivity contribution is -0.509. The van der Waals surface area contributed by atoms with Crippen LogP contribution in [0, 0.1) is 10.1 Å². The van der Waals surface area contributed by atoms with Crippen LogP contribution in [-0.2, 0) is 24.4 Å². The van der Waals surface area contributed by atoms with Gasteiger partial charge in [0, 0.05) is 23.5 Å². The zero-order valence-corrected chi connectivity index (χ0v) is 12.1. The van der Waals surface area contributed by atoms with Crippen molar-refractivity contribution < 1.29 is 26.5 Å². The van der Waals surface area contributed by atoms with E-state index in [1.54, 1.807) is 0 Å². The van der Waals surface area contributed by atoms with Crippen molar-refractivity contribution in [3.8, 4) is 0 Å². The Hall–Kier alpha value is -1.42. The summed E-state index contributed by atoms with van der Waals surface area (Å²) < 4.78 is 49.8. The van der Waals surface area contributed by atoms with Crippen molar-refractivity contribution in [2.24, 2.45) is 0 Å². The molecule has 0 heterocycles. The number of nitrogens with zero attached hydrogens (tertiary/aromatic N) is 1. The summed E-state index contributed by atoms with van der Waals surface area (Å²) in [7, 11) is -7.43. The maximum Gasteiger partial charge on any atom is 0.269 e. The van der Waals surface area contributed by atoms with Crippen LogP contribution < -0.4 is 0 Å². The second kappa shape index (κ2) is 4.60. The Morgan fingerprint density at radius 1 is 1.26 bits per heavy atom. The molecule has 1 aliphatic carbocycles. The molecule has 0 aliphatic heterocycles. The molecule has 10 heteroatoms. The van der Waals surface area contributed by atoms with Crippen LogP contribution in [0.3, 0.4) is 0 Å². The predicted molar refractivity (Wildman–Crippen MR) is 67.4 cm³/mol. The Labute approximate surface area is 110 Å². The van der Waals surface area contributed by atoms with E-state index in [4.69, 9.17) is 4.74 Å². The summed E-state index contributed by atoms with van der Waals surface area (Å²) in [4.78, 5) is 10.1. The third-order valence-corrected chi connectivity index (χ3v) is 7.67. The van der Waals surface area contributed by atoms with Crippen molar-refractivity contribution in [2.75, 3.05) is 19.6 Å². The molecule has 0 aromatic carbocycles. The smallest absolute Gasteiger partial charge is 0.269 e. The molecule has 0 fully saturated rings. The number of nitro groups is 1. The second-order valence-corrected chi connectivity index (χ2v) is 8.80. The maximum atomic E-state index is 11.9. The van der Waals surface area contributed by atoms with E-state index in [2.05, 4.69) is 0 Å². The highest BCUT2D eigenvalue weighted by atomic mass is 32.3. The van der Waals surface area contributed by atoms with Gasteiger partial charge in [0.15, 0.2) is 19.7 Å². The SMILES string of the molecule is COC1=CC(S(C)(=O)=O)(S(C)(=O)=O)C([N+](=O)[O-])C=C1. The van der Waals surface area contributed by atoms with Gasteiger partial charge in [-0.3, -0.25) is 10.1 Å². The van der Waals surface area contributed by atoms with E-state index in [1.165, 1.54) is 13.2 Å². The van der Waals surface area contributed by atoms with Gasteiger partial charge in [-0.25, -0.2) is 16.8 Å². The lowest BCUT2D eigenvalue weighted by Crippen LogP contribution is -2.56. The average molecular weight is 311 g/mol. The van der Waals surface area contributed by atoms with E-state index in [-0.39, 0.29) is 5.76 Å². The highest BCUT2D eigenvalue weighted by Crippen LogP contribution is 2.36. The van der Waals surface area contributed by atoms with Crippen LogP contribution in [0.25, 0.3) is 0 Å². The van der Waals surface area contributed by atoms with Crippen molar-refractivity contribution in [3.05, 3.63) is 34.1 Å². The van der Waals surface area contributed by atoms with Crippen LogP contribution in [0.15, 0.2) is 24.0 Å². The van der Waals surface area contributed by atoms with Crippen LogP contribution in [0.4, 0.5) is 0 Å². The molecule has 19 heavy (non-hydrogen) atoms. The molecular weight excluding hydrogens is 298 g/mol. The Kier molecular flexibility index (Phi) is 3.79. The summed E-state index contributed by atoms with van der Waals surface area (Å²) >= 11 is 0. The van der Waals surface area contributed by atoms with E-state index in [0.29, 0.717) is 12.5 Å². The molecule has 8 nitrogen and oxygen atoms in total. The van der Waals surface area contributed by atoms with E-state index in [9.17, 15) is 26.9 Å². The van der Waals surface area contributed by atoms with Gasteiger partial charge in [0.1, 0.15) is 5.76 Å². The van der Waals surface area contributed by atoms with Gasteiger partial charge in [-0.1, -0.05) is 0 Å². The molecule has 0 amide bonds. The summed E-state index contributed by atoms with van der Waals surface area (Å²) in [5, 5.41) is 11.0. The first-order valence-electron chi connectivity index (χ1n) is 4.95. The third kappa shape index (κ3) is 2.37. The Bertz CT molecular complexity index is 625. The average Bonchev–Trinajstić information content (AvgIpc) is 2.24. The molecule has 1 unspecified atom stereocenters. The molecule has 0 radical (unpaired) electrons. The van der Waals surface area contributed by atoms with Crippen molar-refractivity contribution in [2.45, 2.75) is 10.1 Å². The number of allylic oxidation sites excluding steroid dienone is 1. The first kappa shape index (κ1) is 15.6. The summed E-state index contributed by atoms with van der Waals surface area (Å²) in [5.41, 5.74) is 0. The summed E-state index contributed by atoms with van der Waals surface area (Å²) in [6.45, 7) is 0. The molecule has 0 saturated heterocycles. The van der Waals surface area contributed by atoms with E-state index < -0.39 is 34.7 Å². The first-order valence-corrected chi connectivity index (χ1v) is 8.73. The van der Waals surface area contributed by atoms with E-state index in [1.807, 2.05) is 0 Å². The second-order valence-electron chi connectivity index (χ2n) is 4.11. The molecule has 1 aliphatic rings. The number of sulfone groups is 2. The Morgan fingerprint density at radius 2 is 1.74 bits per heavy atom. The van der Waals surface area contributed by atoms with Gasteiger partial charge in [0.05, 0.1) is 7.11 Å². The van der Waals surface area contributed by atoms with Crippen molar-refractivity contribution >= 4 is 19.7 Å². The number of methoxy groups -OCH3 is 1. The van der Waals surface area contributed by atoms with Gasteiger partial charge in [-0.05, 0) is 12.2 Å². The molecule has 0 aromatic heterocycles. The van der Waals surface area contributed by atoms with Gasteiger partial charge in [-0.15, -0.1) is 0 Å². The minimum absolute atomic E-state index is 0.0612. The molecular formula is C9H13NO7S2. The van der Waals surface area contributed by atoms with E-state index >= 15 is 0 Å². The zero-order valence-electron chi connectivity index (χ0n) is 10.4. The van der Waals surface area contributed by atoms with Gasteiger partial charge < -0.3 is 4.74 Å². The summed E-state index contributed by atoms with van der Waals surface area (Å²) in [6.07, 6.45) is 4.13. The molecule has 0 N–H and O–H groups in total. The fourth-order valence-electron chi connectivity index (χ4n) is 1.92. The minimum atomic E-state index is -4.32. The lowest BCUT2D eigenvalue weighted by Gasteiger charge is -2.30. The van der Waals surface area contributed by atoms with Gasteiger partial charge in [-0.2, -0.15) is 0 Å². The minimum Gasteiger partial charge on any atom is -0.497 e. The molecule has 0 aromatic rings. The Balaban J connectivity index is 3.80. The normalized spacial score (nSPS) is 22.7. The van der Waals surface area contributed by atoms with Crippen LogP contribution in [0.1, 0.15) is 0 Å². The monoisotopic (exact) mass is 311 g/mol. The lowest BCUT2D eigenvalue weighted by atomic mass is 10.1. The number of rotatable bonds is 4. The molecule has 0 saturated carbocycles. The molecule has 1 atom stereocenters. The first-order chi connectivity index (χ1) is 8.47. The number of hydrogen-bond donors (Lipinski definition) is 0. The highest BCUT2D eigenvalue weighted by molar-refractivity contribution is 8.10. The highest BCUT2D eigenvalue weighted by Gasteiger charge is 2.62.